The number of aromatic nitrogens is 4. The number of nitrogens with one attached hydrogen (secondary N) is 1. The molecule has 9 heteroatoms. The van der Waals surface area contributed by atoms with Crippen molar-refractivity contribution in [3.8, 4) is 0 Å². The number of halogens is 2. The Bertz CT molecular complexity index is 864. The van der Waals surface area contributed by atoms with Crippen LogP contribution >= 0.6 is 35.0 Å². The molecule has 1 N–H and O–H groups in total. The van der Waals surface area contributed by atoms with Gasteiger partial charge in [-0.3, -0.25) is 4.79 Å². The van der Waals surface area contributed by atoms with Crippen LogP contribution in [0.5, 0.6) is 0 Å². The van der Waals surface area contributed by atoms with Crippen molar-refractivity contribution in [3.63, 3.8) is 0 Å². The summed E-state index contributed by atoms with van der Waals surface area (Å²) in [7, 11) is 0. The molecule has 150 valence electrons. The molecule has 0 spiro atoms. The first-order valence-corrected chi connectivity index (χ1v) is 11.0. The van der Waals surface area contributed by atoms with Gasteiger partial charge in [0.1, 0.15) is 5.82 Å². The highest BCUT2D eigenvalue weighted by Crippen LogP contribution is 2.33. The number of carbonyl (C=O) groups excluding carboxylic acids is 1. The van der Waals surface area contributed by atoms with Crippen molar-refractivity contribution in [3.05, 3.63) is 40.3 Å². The van der Waals surface area contributed by atoms with E-state index in [0.717, 1.165) is 23.8 Å². The molecule has 0 radical (unpaired) electrons. The minimum atomic E-state index is -0.214. The number of nitrogens with zero attached hydrogens (tertiary/aromatic N) is 4. The molecule has 28 heavy (non-hydrogen) atoms. The summed E-state index contributed by atoms with van der Waals surface area (Å²) >= 11 is 13.4. The first kappa shape index (κ1) is 21.1. The summed E-state index contributed by atoms with van der Waals surface area (Å²) < 4.78 is 2.07. The van der Waals surface area contributed by atoms with Crippen LogP contribution in [0.3, 0.4) is 0 Å². The standard InChI is InChI=1S/C19H23Cl2N5OS/c1-3-9-26-18(13-7-5-4-6-8-13)24-25-19(26)28-11-16(27)23-17-15(21)10-14(20)12(2)22-17/h3,10,13H,1,4-9,11H2,2H3,(H,22,23,27). The molecule has 1 fully saturated rings. The Hall–Kier alpha value is -1.57. The van der Waals surface area contributed by atoms with Crippen molar-refractivity contribution < 1.29 is 4.79 Å². The lowest BCUT2D eigenvalue weighted by atomic mass is 9.89. The number of hydrogen-bond acceptors (Lipinski definition) is 5. The van der Waals surface area contributed by atoms with Crippen LogP contribution in [0, 0.1) is 6.92 Å². The van der Waals surface area contributed by atoms with Gasteiger partial charge < -0.3 is 9.88 Å². The van der Waals surface area contributed by atoms with E-state index in [9.17, 15) is 4.79 Å². The zero-order valence-corrected chi connectivity index (χ0v) is 18.1. The van der Waals surface area contributed by atoms with Crippen LogP contribution in [0.2, 0.25) is 10.0 Å². The molecule has 0 unspecified atom stereocenters. The molecule has 0 bridgehead atoms. The first-order chi connectivity index (χ1) is 13.5. The monoisotopic (exact) mass is 439 g/mol. The Balaban J connectivity index is 1.66. The lowest BCUT2D eigenvalue weighted by Crippen LogP contribution is -2.17. The second kappa shape index (κ2) is 9.76. The zero-order valence-electron chi connectivity index (χ0n) is 15.8. The molecule has 2 aromatic rings. The zero-order chi connectivity index (χ0) is 20.1. The van der Waals surface area contributed by atoms with E-state index >= 15 is 0 Å². The lowest BCUT2D eigenvalue weighted by Gasteiger charge is -2.21. The van der Waals surface area contributed by atoms with Gasteiger partial charge in [0.2, 0.25) is 5.91 Å². The van der Waals surface area contributed by atoms with E-state index in [4.69, 9.17) is 23.2 Å². The molecule has 0 saturated heterocycles. The van der Waals surface area contributed by atoms with Crippen LogP contribution in [-0.4, -0.2) is 31.4 Å². The Morgan fingerprint density at radius 3 is 2.79 bits per heavy atom. The molecule has 1 saturated carbocycles. The van der Waals surface area contributed by atoms with Crippen LogP contribution in [-0.2, 0) is 11.3 Å². The predicted molar refractivity (Wildman–Crippen MR) is 114 cm³/mol. The highest BCUT2D eigenvalue weighted by Gasteiger charge is 2.23. The number of hydrogen-bond donors (Lipinski definition) is 1. The van der Waals surface area contributed by atoms with Gasteiger partial charge in [-0.2, -0.15) is 0 Å². The molecule has 1 amide bonds. The number of allylic oxidation sites excluding steroid dienone is 1. The number of pyridine rings is 1. The summed E-state index contributed by atoms with van der Waals surface area (Å²) in [6.07, 6.45) is 7.85. The van der Waals surface area contributed by atoms with Gasteiger partial charge in [-0.1, -0.05) is 60.3 Å². The number of thioether (sulfide) groups is 1. The summed E-state index contributed by atoms with van der Waals surface area (Å²) in [6, 6.07) is 1.57. The highest BCUT2D eigenvalue weighted by molar-refractivity contribution is 7.99. The minimum absolute atomic E-state index is 0.180. The molecule has 0 aliphatic heterocycles. The van der Waals surface area contributed by atoms with Gasteiger partial charge in [0.25, 0.3) is 0 Å². The number of aryl methyl sites for hydroxylation is 1. The number of rotatable bonds is 7. The lowest BCUT2D eigenvalue weighted by molar-refractivity contribution is -0.113. The smallest absolute Gasteiger partial charge is 0.236 e. The molecule has 1 aliphatic carbocycles. The maximum absolute atomic E-state index is 12.4. The highest BCUT2D eigenvalue weighted by atomic mass is 35.5. The normalized spacial score (nSPS) is 14.8. The van der Waals surface area contributed by atoms with E-state index in [2.05, 4.69) is 31.6 Å². The van der Waals surface area contributed by atoms with Crippen LogP contribution in [0.4, 0.5) is 5.82 Å². The number of amides is 1. The molecule has 3 rings (SSSR count). The van der Waals surface area contributed by atoms with Crippen LogP contribution < -0.4 is 5.32 Å². The summed E-state index contributed by atoms with van der Waals surface area (Å²) in [4.78, 5) is 16.6. The van der Waals surface area contributed by atoms with E-state index in [1.807, 2.05) is 6.08 Å². The molecule has 6 nitrogen and oxygen atoms in total. The molecule has 1 aliphatic rings. The first-order valence-electron chi connectivity index (χ1n) is 9.29. The number of carbonyl (C=O) groups is 1. The van der Waals surface area contributed by atoms with E-state index in [0.29, 0.717) is 34.0 Å². The topological polar surface area (TPSA) is 72.7 Å². The summed E-state index contributed by atoms with van der Waals surface area (Å²) in [6.45, 7) is 6.23. The average Bonchev–Trinajstić information content (AvgIpc) is 3.08. The third kappa shape index (κ3) is 5.07. The van der Waals surface area contributed by atoms with Gasteiger partial charge >= 0.3 is 0 Å². The van der Waals surface area contributed by atoms with Crippen LogP contribution in [0.15, 0.2) is 23.9 Å². The van der Waals surface area contributed by atoms with E-state index in [1.54, 1.807) is 13.0 Å². The van der Waals surface area contributed by atoms with E-state index < -0.39 is 0 Å². The minimum Gasteiger partial charge on any atom is -0.309 e. The molecule has 2 heterocycles. The average molecular weight is 440 g/mol. The van der Waals surface area contributed by atoms with Crippen LogP contribution in [0.1, 0.15) is 49.5 Å². The summed E-state index contributed by atoms with van der Waals surface area (Å²) in [5.41, 5.74) is 0.608. The Kier molecular flexibility index (Phi) is 7.37. The van der Waals surface area contributed by atoms with Crippen molar-refractivity contribution in [2.24, 2.45) is 0 Å². The Labute approximate surface area is 179 Å². The Morgan fingerprint density at radius 1 is 1.32 bits per heavy atom. The van der Waals surface area contributed by atoms with E-state index in [1.165, 1.54) is 31.0 Å². The van der Waals surface area contributed by atoms with Gasteiger partial charge in [0.05, 0.1) is 21.5 Å². The van der Waals surface area contributed by atoms with Gasteiger partial charge in [-0.15, -0.1) is 16.8 Å². The fourth-order valence-electron chi connectivity index (χ4n) is 3.31. The quantitative estimate of drug-likeness (QED) is 0.470. The van der Waals surface area contributed by atoms with Crippen molar-refractivity contribution in [2.75, 3.05) is 11.1 Å². The Morgan fingerprint density at radius 2 is 2.07 bits per heavy atom. The van der Waals surface area contributed by atoms with Gasteiger partial charge in [-0.25, -0.2) is 4.98 Å². The molecule has 2 aromatic heterocycles. The van der Waals surface area contributed by atoms with E-state index in [-0.39, 0.29) is 11.7 Å². The maximum atomic E-state index is 12.4. The van der Waals surface area contributed by atoms with Gasteiger partial charge in [-0.05, 0) is 25.8 Å². The van der Waals surface area contributed by atoms with Gasteiger partial charge in [0.15, 0.2) is 11.0 Å². The summed E-state index contributed by atoms with van der Waals surface area (Å²) in [5, 5.41) is 13.0. The van der Waals surface area contributed by atoms with Crippen LogP contribution in [0.25, 0.3) is 0 Å². The molecular weight excluding hydrogens is 417 g/mol. The van der Waals surface area contributed by atoms with Crippen molar-refractivity contribution in [1.82, 2.24) is 19.7 Å². The second-order valence-electron chi connectivity index (χ2n) is 6.80. The van der Waals surface area contributed by atoms with Crippen molar-refractivity contribution >= 4 is 46.7 Å². The fraction of sp³-hybridized carbons (Fsp3) is 0.474. The fourth-order valence-corrected chi connectivity index (χ4v) is 4.48. The molecule has 0 aromatic carbocycles. The maximum Gasteiger partial charge on any atom is 0.236 e. The summed E-state index contributed by atoms with van der Waals surface area (Å²) in [5.74, 6) is 1.71. The SMILES string of the molecule is C=CCn1c(SCC(=O)Nc2nc(C)c(Cl)cc2Cl)nnc1C1CCCCC1. The van der Waals surface area contributed by atoms with Crippen molar-refractivity contribution in [1.29, 1.82) is 0 Å². The second-order valence-corrected chi connectivity index (χ2v) is 8.55. The predicted octanol–water partition coefficient (Wildman–Crippen LogP) is 5.25. The third-order valence-corrected chi connectivity index (χ3v) is 6.36. The van der Waals surface area contributed by atoms with Crippen molar-refractivity contribution in [2.45, 2.75) is 56.6 Å². The molecule has 0 atom stereocenters. The third-order valence-electron chi connectivity index (χ3n) is 4.72. The largest absolute Gasteiger partial charge is 0.309 e. The number of anilines is 1. The van der Waals surface area contributed by atoms with Gasteiger partial charge in [0, 0.05) is 12.5 Å². The molecular formula is C19H23Cl2N5OS.